The van der Waals surface area contributed by atoms with Crippen LogP contribution in [0.4, 0.5) is 13.2 Å². The highest BCUT2D eigenvalue weighted by Crippen LogP contribution is 2.34. The van der Waals surface area contributed by atoms with E-state index in [1.165, 1.54) is 14.0 Å². The molecule has 0 saturated heterocycles. The molecule has 0 aliphatic rings. The summed E-state index contributed by atoms with van der Waals surface area (Å²) >= 11 is 0. The Hall–Kier alpha value is -2.38. The highest BCUT2D eigenvalue weighted by molar-refractivity contribution is 5.98. The van der Waals surface area contributed by atoms with Crippen LogP contribution in [0.1, 0.15) is 27.9 Å². The lowest BCUT2D eigenvalue weighted by atomic mass is 10.0. The summed E-state index contributed by atoms with van der Waals surface area (Å²) in [6.45, 7) is 1.28. The maximum Gasteiger partial charge on any atom is 0.341 e. The van der Waals surface area contributed by atoms with Crippen molar-refractivity contribution < 1.29 is 27.8 Å². The first-order chi connectivity index (χ1) is 9.38. The van der Waals surface area contributed by atoms with E-state index in [9.17, 15) is 18.0 Å². The fraction of sp³-hybridized carbons (Fsp3) is 0.250. The van der Waals surface area contributed by atoms with Gasteiger partial charge in [-0.15, -0.1) is 0 Å². The molecule has 0 bridgehead atoms. The van der Waals surface area contributed by atoms with Gasteiger partial charge in [0.25, 0.3) is 6.43 Å². The Labute approximate surface area is 111 Å². The van der Waals surface area contributed by atoms with E-state index in [1.54, 1.807) is 0 Å². The number of ether oxygens (including phenoxy) is 1. The smallest absolute Gasteiger partial charge is 0.341 e. The Balaban J connectivity index is 2.99. The summed E-state index contributed by atoms with van der Waals surface area (Å²) in [6, 6.07) is 0. The average Bonchev–Trinajstić information content (AvgIpc) is 2.37. The molecule has 2 aromatic heterocycles. The Morgan fingerprint density at radius 2 is 2.10 bits per heavy atom. The number of methoxy groups -OCH3 is 1. The Morgan fingerprint density at radius 3 is 2.60 bits per heavy atom. The summed E-state index contributed by atoms with van der Waals surface area (Å²) in [5, 5.41) is 8.81. The number of hydrogen-bond donors (Lipinski definition) is 1. The van der Waals surface area contributed by atoms with Crippen LogP contribution >= 0.6 is 0 Å². The van der Waals surface area contributed by atoms with E-state index in [0.717, 1.165) is 0 Å². The van der Waals surface area contributed by atoms with Crippen LogP contribution in [0, 0.1) is 12.7 Å². The average molecular weight is 286 g/mol. The van der Waals surface area contributed by atoms with Gasteiger partial charge in [0.2, 0.25) is 5.88 Å². The number of aryl methyl sites for hydroxylation is 1. The normalized spacial score (nSPS) is 11.1. The van der Waals surface area contributed by atoms with Gasteiger partial charge in [0, 0.05) is 5.39 Å². The van der Waals surface area contributed by atoms with Crippen molar-refractivity contribution in [1.29, 1.82) is 0 Å². The van der Waals surface area contributed by atoms with Crippen LogP contribution in [-0.2, 0) is 0 Å². The molecule has 0 aromatic carbocycles. The Bertz CT molecular complexity index is 704. The standard InChI is InChI=1S/C12H9F3N2O3/c1-4-6-8(9(14)15)5(13)3-16-10(6)17-11(20-2)7(4)12(18)19/h3,9H,1-2H3,(H,18,19). The van der Waals surface area contributed by atoms with Crippen molar-refractivity contribution in [3.63, 3.8) is 0 Å². The third kappa shape index (κ3) is 2.02. The van der Waals surface area contributed by atoms with Gasteiger partial charge in [-0.2, -0.15) is 4.98 Å². The lowest BCUT2D eigenvalue weighted by Gasteiger charge is -2.13. The molecule has 2 heterocycles. The highest BCUT2D eigenvalue weighted by Gasteiger charge is 2.26. The minimum atomic E-state index is -3.11. The van der Waals surface area contributed by atoms with Crippen LogP contribution in [0.25, 0.3) is 11.0 Å². The van der Waals surface area contributed by atoms with Gasteiger partial charge in [-0.05, 0) is 12.5 Å². The van der Waals surface area contributed by atoms with Gasteiger partial charge in [-0.1, -0.05) is 0 Å². The van der Waals surface area contributed by atoms with E-state index in [1.807, 2.05) is 0 Å². The summed E-state index contributed by atoms with van der Waals surface area (Å²) in [5.41, 5.74) is -1.57. The summed E-state index contributed by atoms with van der Waals surface area (Å²) in [5.74, 6) is -2.88. The molecule has 0 aliphatic heterocycles. The second kappa shape index (κ2) is 4.95. The molecule has 0 saturated carbocycles. The van der Waals surface area contributed by atoms with Crippen LogP contribution in [0.3, 0.4) is 0 Å². The van der Waals surface area contributed by atoms with Gasteiger partial charge in [0.05, 0.1) is 18.9 Å². The van der Waals surface area contributed by atoms with Crippen molar-refractivity contribution >= 4 is 17.0 Å². The molecular weight excluding hydrogens is 277 g/mol. The first-order valence-electron chi connectivity index (χ1n) is 5.42. The van der Waals surface area contributed by atoms with Gasteiger partial charge < -0.3 is 9.84 Å². The van der Waals surface area contributed by atoms with Crippen molar-refractivity contribution in [2.24, 2.45) is 0 Å². The SMILES string of the molecule is COc1nc2ncc(F)c(C(F)F)c2c(C)c1C(=O)O. The minimum Gasteiger partial charge on any atom is -0.480 e. The number of hydrogen-bond acceptors (Lipinski definition) is 4. The number of aromatic nitrogens is 2. The molecule has 20 heavy (non-hydrogen) atoms. The molecular formula is C12H9F3N2O3. The summed E-state index contributed by atoms with van der Waals surface area (Å²) in [7, 11) is 1.19. The number of alkyl halides is 2. The summed E-state index contributed by atoms with van der Waals surface area (Å²) < 4.78 is 44.3. The van der Waals surface area contributed by atoms with Crippen LogP contribution in [-0.4, -0.2) is 28.2 Å². The van der Waals surface area contributed by atoms with E-state index in [0.29, 0.717) is 6.20 Å². The fourth-order valence-electron chi connectivity index (χ4n) is 2.00. The number of pyridine rings is 2. The second-order valence-corrected chi connectivity index (χ2v) is 3.95. The third-order valence-corrected chi connectivity index (χ3v) is 2.85. The molecule has 0 fully saturated rings. The molecule has 0 unspecified atom stereocenters. The van der Waals surface area contributed by atoms with Crippen LogP contribution in [0.15, 0.2) is 6.20 Å². The van der Waals surface area contributed by atoms with Gasteiger partial charge >= 0.3 is 5.97 Å². The van der Waals surface area contributed by atoms with Gasteiger partial charge in [0.15, 0.2) is 11.5 Å². The minimum absolute atomic E-state index is 0.0679. The number of carbonyl (C=O) groups is 1. The summed E-state index contributed by atoms with van der Waals surface area (Å²) in [4.78, 5) is 18.5. The maximum atomic E-state index is 13.5. The van der Waals surface area contributed by atoms with Crippen molar-refractivity contribution in [2.45, 2.75) is 13.3 Å². The fourth-order valence-corrected chi connectivity index (χ4v) is 2.00. The van der Waals surface area contributed by atoms with Crippen LogP contribution in [0.5, 0.6) is 5.88 Å². The topological polar surface area (TPSA) is 72.3 Å². The predicted octanol–water partition coefficient (Wildman–Crippen LogP) is 2.72. The van der Waals surface area contributed by atoms with Gasteiger partial charge in [0.1, 0.15) is 5.56 Å². The molecule has 1 N–H and O–H groups in total. The summed E-state index contributed by atoms with van der Waals surface area (Å²) in [6.07, 6.45) is -2.49. The number of carboxylic acid groups (broad SMARTS) is 1. The second-order valence-electron chi connectivity index (χ2n) is 3.95. The van der Waals surface area contributed by atoms with Crippen molar-refractivity contribution in [3.8, 4) is 5.88 Å². The van der Waals surface area contributed by atoms with Gasteiger partial charge in [-0.3, -0.25) is 0 Å². The van der Waals surface area contributed by atoms with Gasteiger partial charge in [-0.25, -0.2) is 22.9 Å². The van der Waals surface area contributed by atoms with E-state index < -0.39 is 29.3 Å². The maximum absolute atomic E-state index is 13.5. The number of nitrogens with zero attached hydrogens (tertiary/aromatic N) is 2. The van der Waals surface area contributed by atoms with Crippen LogP contribution in [0.2, 0.25) is 0 Å². The molecule has 8 heteroatoms. The van der Waals surface area contributed by atoms with Crippen molar-refractivity contribution in [1.82, 2.24) is 9.97 Å². The number of rotatable bonds is 3. The van der Waals surface area contributed by atoms with Crippen molar-refractivity contribution in [3.05, 3.63) is 28.7 Å². The first-order valence-corrected chi connectivity index (χ1v) is 5.42. The molecule has 0 atom stereocenters. The molecule has 0 amide bonds. The lowest BCUT2D eigenvalue weighted by molar-refractivity contribution is 0.0691. The third-order valence-electron chi connectivity index (χ3n) is 2.85. The number of halogens is 3. The zero-order valence-electron chi connectivity index (χ0n) is 10.4. The molecule has 2 aromatic rings. The largest absolute Gasteiger partial charge is 0.480 e. The molecule has 106 valence electrons. The lowest BCUT2D eigenvalue weighted by Crippen LogP contribution is -2.09. The van der Waals surface area contributed by atoms with E-state index >= 15 is 0 Å². The van der Waals surface area contributed by atoms with E-state index in [2.05, 4.69) is 9.97 Å². The van der Waals surface area contributed by atoms with E-state index in [4.69, 9.17) is 9.84 Å². The number of carboxylic acids is 1. The number of aromatic carboxylic acids is 1. The molecule has 2 rings (SSSR count). The van der Waals surface area contributed by atoms with Crippen molar-refractivity contribution in [2.75, 3.05) is 7.11 Å². The monoisotopic (exact) mass is 286 g/mol. The highest BCUT2D eigenvalue weighted by atomic mass is 19.3. The number of fused-ring (bicyclic) bond motifs is 1. The Morgan fingerprint density at radius 1 is 1.45 bits per heavy atom. The molecule has 0 spiro atoms. The Kier molecular flexibility index (Phi) is 3.47. The zero-order valence-corrected chi connectivity index (χ0v) is 10.4. The molecule has 5 nitrogen and oxygen atoms in total. The molecule has 0 radical (unpaired) electrons. The first kappa shape index (κ1) is 14.0. The predicted molar refractivity (Wildman–Crippen MR) is 62.7 cm³/mol. The quantitative estimate of drug-likeness (QED) is 0.939. The molecule has 0 aliphatic carbocycles. The van der Waals surface area contributed by atoms with E-state index in [-0.39, 0.29) is 22.5 Å². The van der Waals surface area contributed by atoms with Crippen LogP contribution < -0.4 is 4.74 Å². The zero-order chi connectivity index (χ0) is 15.0.